The first kappa shape index (κ1) is 24.8. The van der Waals surface area contributed by atoms with Crippen molar-refractivity contribution in [2.24, 2.45) is 11.7 Å². The minimum absolute atomic E-state index is 0.0498. The Morgan fingerprint density at radius 3 is 2.35 bits per heavy atom. The van der Waals surface area contributed by atoms with Crippen molar-refractivity contribution in [3.8, 4) is 10.6 Å². The van der Waals surface area contributed by atoms with Crippen LogP contribution in [0.2, 0.25) is 0 Å². The number of alkyl halides is 3. The highest BCUT2D eigenvalue weighted by atomic mass is 32.1. The van der Waals surface area contributed by atoms with E-state index in [1.807, 2.05) is 40.6 Å². The second-order valence-corrected chi connectivity index (χ2v) is 8.11. The van der Waals surface area contributed by atoms with E-state index in [0.717, 1.165) is 30.1 Å². The summed E-state index contributed by atoms with van der Waals surface area (Å²) in [6.07, 6.45) is 0.808. The number of rotatable bonds is 7. The fraction of sp³-hybridized carbons (Fsp3) is 0.476. The average molecular weight is 458 g/mol. The molecule has 1 aromatic heterocycles. The number of thiazole rings is 1. The zero-order chi connectivity index (χ0) is 22.9. The third kappa shape index (κ3) is 7.95. The molecule has 0 bridgehead atoms. The van der Waals surface area contributed by atoms with Gasteiger partial charge < -0.3 is 15.7 Å². The van der Waals surface area contributed by atoms with Crippen molar-refractivity contribution >= 4 is 23.2 Å². The van der Waals surface area contributed by atoms with Gasteiger partial charge in [-0.1, -0.05) is 43.2 Å². The molecule has 0 spiro atoms. The number of carbonyl (C=O) groups excluding carboxylic acids is 1. The maximum atomic E-state index is 12.9. The molecule has 0 radical (unpaired) electrons. The highest BCUT2D eigenvalue weighted by Gasteiger charge is 2.38. The monoisotopic (exact) mass is 457 g/mol. The number of carboxylic acid groups (broad SMARTS) is 1. The van der Waals surface area contributed by atoms with Gasteiger partial charge in [-0.3, -0.25) is 4.79 Å². The van der Waals surface area contributed by atoms with Crippen LogP contribution in [0.1, 0.15) is 42.6 Å². The van der Waals surface area contributed by atoms with Gasteiger partial charge in [0, 0.05) is 24.0 Å². The Labute approximate surface area is 182 Å². The molecule has 0 aliphatic heterocycles. The maximum absolute atomic E-state index is 12.9. The summed E-state index contributed by atoms with van der Waals surface area (Å²) in [4.78, 5) is 28.4. The SMILES string of the molecule is NCCCN(CC1CCCC1)C(=O)c1csc(-c2ccccc2)n1.O=C(O)C(F)(F)F. The molecule has 10 heteroatoms. The van der Waals surface area contributed by atoms with Crippen LogP contribution < -0.4 is 5.73 Å². The third-order valence-electron chi connectivity index (χ3n) is 4.86. The van der Waals surface area contributed by atoms with Gasteiger partial charge in [0.2, 0.25) is 0 Å². The zero-order valence-electron chi connectivity index (χ0n) is 17.0. The largest absolute Gasteiger partial charge is 0.490 e. The summed E-state index contributed by atoms with van der Waals surface area (Å²) in [5.74, 6) is -2.07. The van der Waals surface area contributed by atoms with Crippen LogP contribution in [0, 0.1) is 5.92 Å². The molecule has 0 atom stereocenters. The van der Waals surface area contributed by atoms with Crippen LogP contribution in [0.15, 0.2) is 35.7 Å². The predicted octanol–water partition coefficient (Wildman–Crippen LogP) is 4.42. The first-order valence-corrected chi connectivity index (χ1v) is 10.9. The van der Waals surface area contributed by atoms with E-state index in [0.29, 0.717) is 18.2 Å². The number of amides is 1. The van der Waals surface area contributed by atoms with Crippen LogP contribution in [-0.2, 0) is 4.79 Å². The molecule has 0 unspecified atom stereocenters. The number of hydrogen-bond acceptors (Lipinski definition) is 5. The third-order valence-corrected chi connectivity index (χ3v) is 5.75. The summed E-state index contributed by atoms with van der Waals surface area (Å²) in [6, 6.07) is 10.0. The molecule has 3 rings (SSSR count). The Bertz CT molecular complexity index is 837. The Morgan fingerprint density at radius 2 is 1.81 bits per heavy atom. The second-order valence-electron chi connectivity index (χ2n) is 7.25. The van der Waals surface area contributed by atoms with E-state index in [2.05, 4.69) is 4.98 Å². The van der Waals surface area contributed by atoms with Gasteiger partial charge in [-0.25, -0.2) is 9.78 Å². The number of halogens is 3. The second kappa shape index (κ2) is 11.8. The Morgan fingerprint density at radius 1 is 1.19 bits per heavy atom. The molecular formula is C21H26F3N3O3S. The molecule has 1 amide bonds. The minimum Gasteiger partial charge on any atom is -0.475 e. The minimum atomic E-state index is -5.08. The highest BCUT2D eigenvalue weighted by Crippen LogP contribution is 2.27. The summed E-state index contributed by atoms with van der Waals surface area (Å²) >= 11 is 1.53. The predicted molar refractivity (Wildman–Crippen MR) is 113 cm³/mol. The first-order chi connectivity index (χ1) is 14.7. The van der Waals surface area contributed by atoms with E-state index < -0.39 is 12.1 Å². The van der Waals surface area contributed by atoms with Crippen molar-refractivity contribution in [2.45, 2.75) is 38.3 Å². The number of carbonyl (C=O) groups is 2. The summed E-state index contributed by atoms with van der Waals surface area (Å²) in [5.41, 5.74) is 7.28. The molecule has 1 aliphatic rings. The lowest BCUT2D eigenvalue weighted by Gasteiger charge is -2.25. The van der Waals surface area contributed by atoms with E-state index in [1.165, 1.54) is 37.0 Å². The molecular weight excluding hydrogens is 431 g/mol. The topological polar surface area (TPSA) is 96.5 Å². The van der Waals surface area contributed by atoms with Crippen LogP contribution in [0.5, 0.6) is 0 Å². The van der Waals surface area contributed by atoms with Gasteiger partial charge in [0.1, 0.15) is 10.7 Å². The maximum Gasteiger partial charge on any atom is 0.490 e. The standard InChI is InChI=1S/C19H25N3OS.C2HF3O2/c20-11-6-12-22(13-15-7-4-5-8-15)19(23)17-14-24-18(21-17)16-9-2-1-3-10-16;3-2(4,5)1(6)7/h1-3,9-10,14-15H,4-8,11-13,20H2;(H,6,7). The number of hydrogen-bond donors (Lipinski definition) is 2. The average Bonchev–Trinajstić information content (AvgIpc) is 3.43. The van der Waals surface area contributed by atoms with Crippen LogP contribution in [-0.4, -0.2) is 52.7 Å². The molecule has 170 valence electrons. The number of nitrogens with zero attached hydrogens (tertiary/aromatic N) is 2. The van der Waals surface area contributed by atoms with Gasteiger partial charge in [-0.05, 0) is 31.7 Å². The van der Waals surface area contributed by atoms with Gasteiger partial charge in [0.15, 0.2) is 0 Å². The fourth-order valence-corrected chi connectivity index (χ4v) is 4.11. The number of aromatic nitrogens is 1. The van der Waals surface area contributed by atoms with E-state index in [9.17, 15) is 18.0 Å². The van der Waals surface area contributed by atoms with Crippen LogP contribution in [0.3, 0.4) is 0 Å². The lowest BCUT2D eigenvalue weighted by Crippen LogP contribution is -2.36. The van der Waals surface area contributed by atoms with Crippen molar-refractivity contribution in [1.29, 1.82) is 0 Å². The van der Waals surface area contributed by atoms with Crippen molar-refractivity contribution in [3.05, 3.63) is 41.4 Å². The first-order valence-electron chi connectivity index (χ1n) is 10.0. The van der Waals surface area contributed by atoms with E-state index >= 15 is 0 Å². The highest BCUT2D eigenvalue weighted by molar-refractivity contribution is 7.13. The van der Waals surface area contributed by atoms with Gasteiger partial charge >= 0.3 is 12.1 Å². The van der Waals surface area contributed by atoms with Gasteiger partial charge in [0.25, 0.3) is 5.91 Å². The van der Waals surface area contributed by atoms with Gasteiger partial charge in [-0.2, -0.15) is 13.2 Å². The molecule has 1 saturated carbocycles. The van der Waals surface area contributed by atoms with Crippen molar-refractivity contribution in [1.82, 2.24) is 9.88 Å². The molecule has 31 heavy (non-hydrogen) atoms. The lowest BCUT2D eigenvalue weighted by atomic mass is 10.1. The summed E-state index contributed by atoms with van der Waals surface area (Å²) in [6.45, 7) is 2.18. The molecule has 1 aromatic carbocycles. The van der Waals surface area contributed by atoms with E-state index in [1.54, 1.807) is 0 Å². The van der Waals surface area contributed by atoms with Crippen molar-refractivity contribution in [3.63, 3.8) is 0 Å². The number of carboxylic acids is 1. The van der Waals surface area contributed by atoms with E-state index in [4.69, 9.17) is 15.6 Å². The molecule has 3 N–H and O–H groups in total. The molecule has 1 fully saturated rings. The molecule has 6 nitrogen and oxygen atoms in total. The Balaban J connectivity index is 0.000000423. The normalized spacial score (nSPS) is 14.1. The van der Waals surface area contributed by atoms with Crippen molar-refractivity contribution in [2.75, 3.05) is 19.6 Å². The van der Waals surface area contributed by atoms with Crippen LogP contribution in [0.25, 0.3) is 10.6 Å². The molecule has 1 aliphatic carbocycles. The van der Waals surface area contributed by atoms with Crippen LogP contribution >= 0.6 is 11.3 Å². The Hall–Kier alpha value is -2.46. The quantitative estimate of drug-likeness (QED) is 0.641. The molecule has 1 heterocycles. The summed E-state index contributed by atoms with van der Waals surface area (Å²) < 4.78 is 31.7. The van der Waals surface area contributed by atoms with E-state index in [-0.39, 0.29) is 5.91 Å². The molecule has 0 saturated heterocycles. The fourth-order valence-electron chi connectivity index (χ4n) is 3.31. The molecule has 2 aromatic rings. The van der Waals surface area contributed by atoms with Crippen molar-refractivity contribution < 1.29 is 27.9 Å². The number of aliphatic carboxylic acids is 1. The van der Waals surface area contributed by atoms with Crippen LogP contribution in [0.4, 0.5) is 13.2 Å². The summed E-state index contributed by atoms with van der Waals surface area (Å²) in [7, 11) is 0. The number of benzene rings is 1. The zero-order valence-corrected chi connectivity index (χ0v) is 17.8. The number of nitrogens with two attached hydrogens (primary N) is 1. The lowest BCUT2D eigenvalue weighted by molar-refractivity contribution is -0.192. The smallest absolute Gasteiger partial charge is 0.475 e. The summed E-state index contributed by atoms with van der Waals surface area (Å²) in [5, 5.41) is 9.91. The van der Waals surface area contributed by atoms with Gasteiger partial charge in [-0.15, -0.1) is 11.3 Å². The van der Waals surface area contributed by atoms with Gasteiger partial charge in [0.05, 0.1) is 0 Å². The Kier molecular flexibility index (Phi) is 9.44.